The number of hydrogen-bond acceptors (Lipinski definition) is 7. The van der Waals surface area contributed by atoms with Crippen molar-refractivity contribution in [2.75, 3.05) is 19.0 Å². The van der Waals surface area contributed by atoms with Crippen molar-refractivity contribution < 1.29 is 9.21 Å². The Kier molecular flexibility index (Phi) is 5.09. The number of nitrogens with zero attached hydrogens (tertiary/aromatic N) is 4. The number of fused-ring (bicyclic) bond motifs is 1. The second kappa shape index (κ2) is 7.94. The van der Waals surface area contributed by atoms with Gasteiger partial charge in [0.2, 0.25) is 0 Å². The SMILES string of the molecule is CC1SC(N2N=C(c3cc4ccccc4oc3=O)CC2c2ccc(N(C)C)cc2)=NC1=O. The number of hydrazone groups is 1. The van der Waals surface area contributed by atoms with E-state index in [4.69, 9.17) is 9.52 Å². The van der Waals surface area contributed by atoms with Crippen LogP contribution in [0.2, 0.25) is 0 Å². The lowest BCUT2D eigenvalue weighted by Crippen LogP contribution is -2.24. The van der Waals surface area contributed by atoms with Crippen molar-refractivity contribution in [3.8, 4) is 0 Å². The first-order valence-electron chi connectivity index (χ1n) is 10.4. The Morgan fingerprint density at radius 1 is 1.09 bits per heavy atom. The lowest BCUT2D eigenvalue weighted by molar-refractivity contribution is -0.116. The Hall–Kier alpha value is -3.39. The number of hydrogen-bond donors (Lipinski definition) is 0. The Balaban J connectivity index is 1.57. The van der Waals surface area contributed by atoms with Gasteiger partial charge in [0.15, 0.2) is 5.17 Å². The Morgan fingerprint density at radius 3 is 2.53 bits per heavy atom. The molecular weight excluding hydrogens is 424 g/mol. The molecule has 7 nitrogen and oxygen atoms in total. The smallest absolute Gasteiger partial charge is 0.345 e. The highest BCUT2D eigenvalue weighted by Gasteiger charge is 2.37. The van der Waals surface area contributed by atoms with Gasteiger partial charge in [-0.05, 0) is 36.8 Å². The summed E-state index contributed by atoms with van der Waals surface area (Å²) in [7, 11) is 3.99. The highest BCUT2D eigenvalue weighted by atomic mass is 32.2. The standard InChI is InChI=1S/C24H22N4O3S/c1-14-22(29)25-24(32-14)28-20(15-8-10-17(11-9-15)27(2)3)13-19(26-28)18-12-16-6-4-5-7-21(16)31-23(18)30/h4-12,14,20H,13H2,1-3H3. The van der Waals surface area contributed by atoms with Crippen molar-refractivity contribution in [2.24, 2.45) is 10.1 Å². The molecule has 8 heteroatoms. The zero-order valence-corrected chi connectivity index (χ0v) is 18.8. The van der Waals surface area contributed by atoms with Gasteiger partial charge in [-0.3, -0.25) is 4.79 Å². The van der Waals surface area contributed by atoms with E-state index < -0.39 is 5.63 Å². The molecule has 5 rings (SSSR count). The second-order valence-corrected chi connectivity index (χ2v) is 9.38. The largest absolute Gasteiger partial charge is 0.422 e. The molecule has 0 saturated heterocycles. The minimum absolute atomic E-state index is 0.166. The maximum absolute atomic E-state index is 12.8. The van der Waals surface area contributed by atoms with Crippen LogP contribution >= 0.6 is 11.8 Å². The van der Waals surface area contributed by atoms with Crippen molar-refractivity contribution in [2.45, 2.75) is 24.6 Å². The maximum Gasteiger partial charge on any atom is 0.345 e. The normalized spacial score (nSPS) is 20.6. The first-order valence-corrected chi connectivity index (χ1v) is 11.2. The minimum Gasteiger partial charge on any atom is -0.422 e. The average Bonchev–Trinajstić information content (AvgIpc) is 3.37. The summed E-state index contributed by atoms with van der Waals surface area (Å²) in [5.74, 6) is -0.166. The van der Waals surface area contributed by atoms with Crippen molar-refractivity contribution in [1.82, 2.24) is 5.01 Å². The number of carbonyl (C=O) groups is 1. The molecule has 32 heavy (non-hydrogen) atoms. The van der Waals surface area contributed by atoms with E-state index in [1.165, 1.54) is 11.8 Å². The monoisotopic (exact) mass is 446 g/mol. The van der Waals surface area contributed by atoms with Crippen LogP contribution in [-0.4, -0.2) is 41.1 Å². The van der Waals surface area contributed by atoms with Gasteiger partial charge >= 0.3 is 5.63 Å². The predicted octanol–water partition coefficient (Wildman–Crippen LogP) is 4.03. The molecular formula is C24H22N4O3S. The van der Waals surface area contributed by atoms with Gasteiger partial charge in [-0.2, -0.15) is 10.1 Å². The van der Waals surface area contributed by atoms with Crippen molar-refractivity contribution in [1.29, 1.82) is 0 Å². The highest BCUT2D eigenvalue weighted by Crippen LogP contribution is 2.38. The van der Waals surface area contributed by atoms with E-state index in [2.05, 4.69) is 17.1 Å². The number of benzene rings is 2. The van der Waals surface area contributed by atoms with E-state index in [0.717, 1.165) is 16.6 Å². The number of amidine groups is 1. The van der Waals surface area contributed by atoms with Crippen LogP contribution in [0.1, 0.15) is 30.5 Å². The number of amides is 1. The van der Waals surface area contributed by atoms with Crippen molar-refractivity contribution in [3.05, 3.63) is 76.1 Å². The Labute approximate surface area is 189 Å². The van der Waals surface area contributed by atoms with Crippen LogP contribution in [0.3, 0.4) is 0 Å². The van der Waals surface area contributed by atoms with Gasteiger partial charge < -0.3 is 9.32 Å². The zero-order valence-electron chi connectivity index (χ0n) is 18.0. The maximum atomic E-state index is 12.8. The molecule has 0 radical (unpaired) electrons. The molecule has 0 bridgehead atoms. The molecule has 2 unspecified atom stereocenters. The minimum atomic E-state index is -0.420. The third-order valence-corrected chi connectivity index (χ3v) is 6.73. The van der Waals surface area contributed by atoms with Crippen LogP contribution in [-0.2, 0) is 4.79 Å². The zero-order chi connectivity index (χ0) is 22.4. The van der Waals surface area contributed by atoms with Gasteiger partial charge in [0, 0.05) is 31.6 Å². The van der Waals surface area contributed by atoms with E-state index in [-0.39, 0.29) is 17.2 Å². The van der Waals surface area contributed by atoms with Crippen LogP contribution in [0, 0.1) is 0 Å². The quantitative estimate of drug-likeness (QED) is 0.566. The number of para-hydroxylation sites is 1. The molecule has 0 N–H and O–H groups in total. The van der Waals surface area contributed by atoms with E-state index in [1.807, 2.05) is 62.3 Å². The molecule has 0 fully saturated rings. The summed E-state index contributed by atoms with van der Waals surface area (Å²) >= 11 is 1.39. The third kappa shape index (κ3) is 3.60. The molecule has 1 aromatic heterocycles. The van der Waals surface area contributed by atoms with Crippen LogP contribution in [0.5, 0.6) is 0 Å². The molecule has 3 heterocycles. The molecule has 2 aromatic carbocycles. The summed E-state index contributed by atoms with van der Waals surface area (Å²) in [6, 6.07) is 17.3. The topological polar surface area (TPSA) is 78.5 Å². The number of thioether (sulfide) groups is 1. The Bertz CT molecular complexity index is 1330. The highest BCUT2D eigenvalue weighted by molar-refractivity contribution is 8.15. The molecule has 162 valence electrons. The Morgan fingerprint density at radius 2 is 1.84 bits per heavy atom. The lowest BCUT2D eigenvalue weighted by Gasteiger charge is -2.23. The van der Waals surface area contributed by atoms with E-state index >= 15 is 0 Å². The van der Waals surface area contributed by atoms with Crippen LogP contribution in [0.15, 0.2) is 73.9 Å². The van der Waals surface area contributed by atoms with Gasteiger partial charge in [-0.15, -0.1) is 0 Å². The van der Waals surface area contributed by atoms with Crippen molar-refractivity contribution >= 4 is 45.2 Å². The fraction of sp³-hybridized carbons (Fsp3) is 0.250. The van der Waals surface area contributed by atoms with Crippen LogP contribution in [0.4, 0.5) is 5.69 Å². The molecule has 0 aliphatic carbocycles. The van der Waals surface area contributed by atoms with Gasteiger partial charge in [0.1, 0.15) is 5.58 Å². The van der Waals surface area contributed by atoms with Gasteiger partial charge in [-0.25, -0.2) is 9.80 Å². The van der Waals surface area contributed by atoms with Crippen LogP contribution in [0.25, 0.3) is 11.0 Å². The fourth-order valence-corrected chi connectivity index (χ4v) is 4.78. The van der Waals surface area contributed by atoms with Crippen LogP contribution < -0.4 is 10.5 Å². The fourth-order valence-electron chi connectivity index (χ4n) is 3.89. The molecule has 3 aromatic rings. The van der Waals surface area contributed by atoms with E-state index in [0.29, 0.717) is 28.4 Å². The summed E-state index contributed by atoms with van der Waals surface area (Å²) in [6.07, 6.45) is 0.507. The molecule has 0 spiro atoms. The number of anilines is 1. The van der Waals surface area contributed by atoms with E-state index in [1.54, 1.807) is 11.1 Å². The van der Waals surface area contributed by atoms with Gasteiger partial charge in [0.25, 0.3) is 5.91 Å². The molecule has 0 saturated carbocycles. The summed E-state index contributed by atoms with van der Waals surface area (Å²) < 4.78 is 5.53. The molecule has 2 aliphatic rings. The average molecular weight is 447 g/mol. The lowest BCUT2D eigenvalue weighted by atomic mass is 9.98. The molecule has 2 atom stereocenters. The number of carbonyl (C=O) groups excluding carboxylic acids is 1. The first-order chi connectivity index (χ1) is 15.4. The summed E-state index contributed by atoms with van der Waals surface area (Å²) in [6.45, 7) is 1.84. The molecule has 2 aliphatic heterocycles. The van der Waals surface area contributed by atoms with Gasteiger partial charge in [-0.1, -0.05) is 42.1 Å². The van der Waals surface area contributed by atoms with E-state index in [9.17, 15) is 9.59 Å². The first kappa shape index (κ1) is 20.5. The number of rotatable bonds is 3. The summed E-state index contributed by atoms with van der Waals surface area (Å²) in [5.41, 5.74) is 3.31. The predicted molar refractivity (Wildman–Crippen MR) is 128 cm³/mol. The van der Waals surface area contributed by atoms with Gasteiger partial charge in [0.05, 0.1) is 22.6 Å². The third-order valence-electron chi connectivity index (χ3n) is 5.69. The van der Waals surface area contributed by atoms with Crippen molar-refractivity contribution in [3.63, 3.8) is 0 Å². The molecule has 1 amide bonds. The second-order valence-electron chi connectivity index (χ2n) is 8.08. The number of aliphatic imine (C=N–C) groups is 1. The summed E-state index contributed by atoms with van der Waals surface area (Å²) in [5, 5.41) is 7.70. The summed E-state index contributed by atoms with van der Waals surface area (Å²) in [4.78, 5) is 31.1.